The molecule has 0 spiro atoms. The van der Waals surface area contributed by atoms with Crippen molar-refractivity contribution in [2.75, 3.05) is 6.16 Å². The standard InChI is InChI=1S/C21H24NO4P/c1-15(21(23)24)11-17(19-12-22-20-10-6-5-9-18(19)20)14-27(25,26)13-16-7-3-2-4-8-16/h2-10,12,15,17,22H,11,13-14H2,1H3,(H,23,24)(H,25,26). The summed E-state index contributed by atoms with van der Waals surface area (Å²) in [5, 5.41) is 10.3. The number of hydrogen-bond acceptors (Lipinski definition) is 2. The van der Waals surface area contributed by atoms with Gasteiger partial charge in [0.1, 0.15) is 0 Å². The Morgan fingerprint density at radius 3 is 2.48 bits per heavy atom. The molecule has 2 aromatic carbocycles. The van der Waals surface area contributed by atoms with Crippen molar-refractivity contribution in [3.63, 3.8) is 0 Å². The van der Waals surface area contributed by atoms with Crippen LogP contribution in [0.25, 0.3) is 10.9 Å². The minimum absolute atomic E-state index is 0.0569. The smallest absolute Gasteiger partial charge is 0.306 e. The zero-order valence-electron chi connectivity index (χ0n) is 15.2. The number of aromatic nitrogens is 1. The third kappa shape index (κ3) is 4.88. The number of rotatable bonds is 8. The number of carboxylic acid groups (broad SMARTS) is 1. The van der Waals surface area contributed by atoms with Crippen LogP contribution in [0.4, 0.5) is 0 Å². The van der Waals surface area contributed by atoms with Gasteiger partial charge in [0, 0.05) is 29.4 Å². The van der Waals surface area contributed by atoms with Gasteiger partial charge in [-0.1, -0.05) is 55.5 Å². The van der Waals surface area contributed by atoms with Crippen LogP contribution in [-0.2, 0) is 15.5 Å². The second-order valence-electron chi connectivity index (χ2n) is 7.13. The fraction of sp³-hybridized carbons (Fsp3) is 0.286. The molecule has 0 aliphatic carbocycles. The van der Waals surface area contributed by atoms with Gasteiger partial charge in [-0.15, -0.1) is 0 Å². The summed E-state index contributed by atoms with van der Waals surface area (Å²) in [5.41, 5.74) is 2.66. The van der Waals surface area contributed by atoms with Crippen LogP contribution in [0.2, 0.25) is 0 Å². The molecule has 5 nitrogen and oxygen atoms in total. The van der Waals surface area contributed by atoms with Gasteiger partial charge in [-0.05, 0) is 29.5 Å². The molecule has 0 amide bonds. The number of carbonyl (C=O) groups is 1. The Balaban J connectivity index is 1.90. The van der Waals surface area contributed by atoms with E-state index in [1.807, 2.05) is 60.8 Å². The van der Waals surface area contributed by atoms with E-state index in [9.17, 15) is 19.4 Å². The first-order valence-electron chi connectivity index (χ1n) is 8.99. The molecule has 3 aromatic rings. The van der Waals surface area contributed by atoms with Crippen molar-refractivity contribution in [1.82, 2.24) is 4.98 Å². The number of H-pyrrole nitrogens is 1. The molecule has 3 N–H and O–H groups in total. The third-order valence-corrected chi connectivity index (χ3v) is 6.77. The van der Waals surface area contributed by atoms with Crippen LogP contribution in [0.15, 0.2) is 60.8 Å². The monoisotopic (exact) mass is 385 g/mol. The summed E-state index contributed by atoms with van der Waals surface area (Å²) in [6, 6.07) is 17.0. The molecule has 0 aliphatic rings. The highest BCUT2D eigenvalue weighted by atomic mass is 31.2. The summed E-state index contributed by atoms with van der Waals surface area (Å²) >= 11 is 0. The molecule has 3 unspecified atom stereocenters. The van der Waals surface area contributed by atoms with E-state index in [2.05, 4.69) is 4.98 Å². The number of aromatic amines is 1. The molecule has 0 saturated carbocycles. The molecule has 0 fully saturated rings. The molecule has 0 radical (unpaired) electrons. The minimum Gasteiger partial charge on any atom is -0.481 e. The Bertz CT molecular complexity index is 966. The van der Waals surface area contributed by atoms with E-state index in [4.69, 9.17) is 0 Å². The van der Waals surface area contributed by atoms with Crippen molar-refractivity contribution in [1.29, 1.82) is 0 Å². The predicted octanol–water partition coefficient (Wildman–Crippen LogP) is 4.83. The summed E-state index contributed by atoms with van der Waals surface area (Å²) in [5.74, 6) is -1.80. The van der Waals surface area contributed by atoms with E-state index in [-0.39, 0.29) is 18.2 Å². The highest BCUT2D eigenvalue weighted by molar-refractivity contribution is 7.57. The second kappa shape index (κ2) is 8.12. The van der Waals surface area contributed by atoms with Crippen molar-refractivity contribution in [2.45, 2.75) is 25.4 Å². The van der Waals surface area contributed by atoms with Gasteiger partial charge in [-0.2, -0.15) is 0 Å². The van der Waals surface area contributed by atoms with Crippen molar-refractivity contribution in [3.8, 4) is 0 Å². The predicted molar refractivity (Wildman–Crippen MR) is 107 cm³/mol. The topological polar surface area (TPSA) is 90.4 Å². The Morgan fingerprint density at radius 2 is 1.78 bits per heavy atom. The molecular formula is C21H24NO4P. The quantitative estimate of drug-likeness (QED) is 0.484. The van der Waals surface area contributed by atoms with Gasteiger partial charge < -0.3 is 15.0 Å². The highest BCUT2D eigenvalue weighted by Gasteiger charge is 2.30. The van der Waals surface area contributed by atoms with Crippen LogP contribution in [0, 0.1) is 5.92 Å². The molecule has 0 bridgehead atoms. The maximum Gasteiger partial charge on any atom is 0.306 e. The fourth-order valence-electron chi connectivity index (χ4n) is 3.54. The van der Waals surface area contributed by atoms with Crippen LogP contribution in [0.5, 0.6) is 0 Å². The summed E-state index contributed by atoms with van der Waals surface area (Å²) in [6.45, 7) is 1.64. The molecule has 6 heteroatoms. The third-order valence-electron chi connectivity index (χ3n) is 4.90. The largest absolute Gasteiger partial charge is 0.481 e. The van der Waals surface area contributed by atoms with Crippen LogP contribution in [-0.4, -0.2) is 27.1 Å². The van der Waals surface area contributed by atoms with E-state index in [0.29, 0.717) is 6.42 Å². The summed E-state index contributed by atoms with van der Waals surface area (Å²) in [6.07, 6.45) is 2.30. The molecule has 1 heterocycles. The lowest BCUT2D eigenvalue weighted by Gasteiger charge is -2.22. The van der Waals surface area contributed by atoms with Crippen LogP contribution in [0.1, 0.15) is 30.4 Å². The maximum absolute atomic E-state index is 13.0. The molecule has 0 aliphatic heterocycles. The molecule has 0 saturated heterocycles. The molecule has 27 heavy (non-hydrogen) atoms. The van der Waals surface area contributed by atoms with E-state index in [1.54, 1.807) is 6.92 Å². The van der Waals surface area contributed by atoms with E-state index >= 15 is 0 Å². The van der Waals surface area contributed by atoms with Gasteiger partial charge in [0.15, 0.2) is 0 Å². The van der Waals surface area contributed by atoms with Crippen molar-refractivity contribution in [2.24, 2.45) is 5.92 Å². The average Bonchev–Trinajstić information content (AvgIpc) is 3.05. The van der Waals surface area contributed by atoms with Crippen LogP contribution < -0.4 is 0 Å². The first-order chi connectivity index (χ1) is 12.9. The highest BCUT2D eigenvalue weighted by Crippen LogP contribution is 2.50. The van der Waals surface area contributed by atoms with Crippen LogP contribution >= 0.6 is 7.37 Å². The number of para-hydroxylation sites is 1. The number of nitrogens with one attached hydrogen (secondary N) is 1. The van der Waals surface area contributed by atoms with Crippen LogP contribution in [0.3, 0.4) is 0 Å². The molecule has 142 valence electrons. The zero-order valence-corrected chi connectivity index (χ0v) is 16.1. The number of aliphatic carboxylic acids is 1. The van der Waals surface area contributed by atoms with Gasteiger partial charge >= 0.3 is 5.97 Å². The summed E-state index contributed by atoms with van der Waals surface area (Å²) in [4.78, 5) is 25.2. The maximum atomic E-state index is 13.0. The van der Waals surface area contributed by atoms with Gasteiger partial charge in [-0.3, -0.25) is 9.36 Å². The van der Waals surface area contributed by atoms with Crippen molar-refractivity contribution >= 4 is 24.2 Å². The Morgan fingerprint density at radius 1 is 1.11 bits per heavy atom. The Hall–Kier alpha value is -2.36. The SMILES string of the molecule is CC(CC(CP(=O)(O)Cc1ccccc1)c1c[nH]c2ccccc12)C(=O)O. The first kappa shape index (κ1) is 19.4. The number of benzene rings is 2. The zero-order chi connectivity index (χ0) is 19.4. The Labute approximate surface area is 158 Å². The van der Waals surface area contributed by atoms with Crippen molar-refractivity contribution in [3.05, 3.63) is 71.9 Å². The fourth-order valence-corrected chi connectivity index (χ4v) is 5.48. The number of fused-ring (bicyclic) bond motifs is 1. The van der Waals surface area contributed by atoms with Crippen molar-refractivity contribution < 1.29 is 19.4 Å². The first-order valence-corrected chi connectivity index (χ1v) is 11.0. The molecule has 3 rings (SSSR count). The summed E-state index contributed by atoms with van der Waals surface area (Å²) in [7, 11) is -3.48. The minimum atomic E-state index is -3.48. The molecule has 3 atom stereocenters. The van der Waals surface area contributed by atoms with E-state index in [0.717, 1.165) is 22.0 Å². The summed E-state index contributed by atoms with van der Waals surface area (Å²) < 4.78 is 13.0. The van der Waals surface area contributed by atoms with Gasteiger partial charge in [0.25, 0.3) is 0 Å². The number of carboxylic acids is 1. The lowest BCUT2D eigenvalue weighted by Crippen LogP contribution is -2.16. The molecular weight excluding hydrogens is 361 g/mol. The van der Waals surface area contributed by atoms with E-state index < -0.39 is 19.3 Å². The average molecular weight is 385 g/mol. The lowest BCUT2D eigenvalue weighted by molar-refractivity contribution is -0.141. The number of hydrogen-bond donors (Lipinski definition) is 3. The normalized spacial score (nSPS) is 15.9. The lowest BCUT2D eigenvalue weighted by atomic mass is 9.91. The second-order valence-corrected chi connectivity index (χ2v) is 9.51. The van der Waals surface area contributed by atoms with Gasteiger partial charge in [0.2, 0.25) is 7.37 Å². The van der Waals surface area contributed by atoms with Gasteiger partial charge in [-0.25, -0.2) is 0 Å². The van der Waals surface area contributed by atoms with E-state index in [1.165, 1.54) is 0 Å². The molecule has 1 aromatic heterocycles. The Kier molecular flexibility index (Phi) is 5.83. The van der Waals surface area contributed by atoms with Gasteiger partial charge in [0.05, 0.1) is 5.92 Å².